The van der Waals surface area contributed by atoms with Gasteiger partial charge in [0.05, 0.1) is 18.6 Å². The number of fused-ring (bicyclic) bond motifs is 2. The van der Waals surface area contributed by atoms with Gasteiger partial charge in [-0.05, 0) is 5.56 Å². The first-order chi connectivity index (χ1) is 7.84. The highest BCUT2D eigenvalue weighted by molar-refractivity contribution is 5.20. The minimum absolute atomic E-state index is 0.0734. The summed E-state index contributed by atoms with van der Waals surface area (Å²) in [6, 6.07) is 9.61. The molecule has 0 aliphatic carbocycles. The Morgan fingerprint density at radius 2 is 2.00 bits per heavy atom. The normalized spacial score (nSPS) is 33.9. The zero-order valence-electron chi connectivity index (χ0n) is 8.82. The summed E-state index contributed by atoms with van der Waals surface area (Å²) in [5.74, 6) is -0.110. The zero-order chi connectivity index (χ0) is 11.0. The molecule has 0 spiro atoms. The van der Waals surface area contributed by atoms with Crippen LogP contribution < -0.4 is 0 Å². The van der Waals surface area contributed by atoms with Crippen LogP contribution in [0.2, 0.25) is 0 Å². The van der Waals surface area contributed by atoms with Gasteiger partial charge in [0, 0.05) is 0 Å². The van der Waals surface area contributed by atoms with E-state index in [1.807, 2.05) is 42.5 Å². The fraction of sp³-hybridized carbons (Fsp3) is 0.385. The maximum Gasteiger partial charge on any atom is 0.167 e. The van der Waals surface area contributed by atoms with E-state index in [9.17, 15) is 5.11 Å². The molecule has 0 radical (unpaired) electrons. The van der Waals surface area contributed by atoms with Gasteiger partial charge in [0.15, 0.2) is 6.29 Å². The average molecular weight is 218 g/mol. The van der Waals surface area contributed by atoms with Crippen molar-refractivity contribution in [3.63, 3.8) is 0 Å². The second-order valence-corrected chi connectivity index (χ2v) is 4.19. The Balaban J connectivity index is 1.83. The summed E-state index contributed by atoms with van der Waals surface area (Å²) in [6.07, 6.45) is 3.18. The van der Waals surface area contributed by atoms with E-state index in [1.54, 1.807) is 0 Å². The van der Waals surface area contributed by atoms with Gasteiger partial charge in [-0.15, -0.1) is 0 Å². The van der Waals surface area contributed by atoms with Gasteiger partial charge >= 0.3 is 0 Å². The van der Waals surface area contributed by atoms with Gasteiger partial charge in [-0.1, -0.05) is 42.5 Å². The van der Waals surface area contributed by atoms with Gasteiger partial charge in [0.25, 0.3) is 0 Å². The Bertz CT molecular complexity index is 387. The molecule has 2 heterocycles. The number of benzene rings is 1. The number of rotatable bonds is 2. The monoisotopic (exact) mass is 218 g/mol. The first-order valence-electron chi connectivity index (χ1n) is 5.53. The van der Waals surface area contributed by atoms with E-state index in [1.165, 1.54) is 0 Å². The van der Waals surface area contributed by atoms with Crippen LogP contribution in [0.3, 0.4) is 0 Å². The molecular weight excluding hydrogens is 204 g/mol. The van der Waals surface area contributed by atoms with E-state index >= 15 is 0 Å². The lowest BCUT2D eigenvalue weighted by atomic mass is 9.93. The molecule has 84 valence electrons. The lowest BCUT2D eigenvalue weighted by molar-refractivity contribution is -0.114. The van der Waals surface area contributed by atoms with Gasteiger partial charge in [0.2, 0.25) is 0 Å². The van der Waals surface area contributed by atoms with Crippen molar-refractivity contribution < 1.29 is 14.6 Å². The smallest absolute Gasteiger partial charge is 0.167 e. The van der Waals surface area contributed by atoms with E-state index < -0.39 is 6.10 Å². The molecule has 2 bridgehead atoms. The Labute approximate surface area is 94.3 Å². The highest BCUT2D eigenvalue weighted by Gasteiger charge is 2.38. The lowest BCUT2D eigenvalue weighted by Crippen LogP contribution is -2.29. The van der Waals surface area contributed by atoms with Crippen LogP contribution >= 0.6 is 0 Å². The molecule has 4 atom stereocenters. The fourth-order valence-corrected chi connectivity index (χ4v) is 2.21. The van der Waals surface area contributed by atoms with Crippen LogP contribution in [0.25, 0.3) is 0 Å². The number of aliphatic hydroxyl groups is 1. The van der Waals surface area contributed by atoms with E-state index in [0.717, 1.165) is 5.56 Å². The van der Waals surface area contributed by atoms with Gasteiger partial charge in [-0.25, -0.2) is 0 Å². The molecule has 1 fully saturated rings. The van der Waals surface area contributed by atoms with E-state index in [2.05, 4.69) is 0 Å². The Kier molecular flexibility index (Phi) is 2.52. The third-order valence-corrected chi connectivity index (χ3v) is 3.10. The van der Waals surface area contributed by atoms with Gasteiger partial charge in [-0.3, -0.25) is 0 Å². The standard InChI is InChI=1S/C13H14O3/c14-12(9-4-2-1-3-5-9)11-7-6-10-8-15-13(11)16-10/h1-7,10-14H,8H2/t10-,11-,12-,13+/m0/s1. The van der Waals surface area contributed by atoms with Crippen molar-refractivity contribution in [2.75, 3.05) is 6.61 Å². The lowest BCUT2D eigenvalue weighted by Gasteiger charge is -2.27. The summed E-state index contributed by atoms with van der Waals surface area (Å²) in [4.78, 5) is 0. The molecule has 0 amide bonds. The van der Waals surface area contributed by atoms with Crippen molar-refractivity contribution in [1.29, 1.82) is 0 Å². The van der Waals surface area contributed by atoms with Crippen molar-refractivity contribution in [3.05, 3.63) is 48.0 Å². The van der Waals surface area contributed by atoms with Crippen molar-refractivity contribution in [2.45, 2.75) is 18.5 Å². The summed E-state index contributed by atoms with van der Waals surface area (Å²) in [5.41, 5.74) is 0.898. The summed E-state index contributed by atoms with van der Waals surface area (Å²) >= 11 is 0. The van der Waals surface area contributed by atoms with Crippen molar-refractivity contribution in [3.8, 4) is 0 Å². The quantitative estimate of drug-likeness (QED) is 0.767. The summed E-state index contributed by atoms with van der Waals surface area (Å²) < 4.78 is 11.1. The van der Waals surface area contributed by atoms with Crippen LogP contribution in [0.15, 0.2) is 42.5 Å². The Morgan fingerprint density at radius 3 is 2.81 bits per heavy atom. The summed E-state index contributed by atoms with van der Waals surface area (Å²) in [5, 5.41) is 10.3. The maximum absolute atomic E-state index is 10.3. The first-order valence-corrected chi connectivity index (χ1v) is 5.53. The molecule has 2 aliphatic heterocycles. The second-order valence-electron chi connectivity index (χ2n) is 4.19. The minimum atomic E-state index is -0.568. The topological polar surface area (TPSA) is 38.7 Å². The molecule has 1 saturated heterocycles. The highest BCUT2D eigenvalue weighted by atomic mass is 16.7. The molecule has 1 aromatic rings. The number of ether oxygens (including phenoxy) is 2. The molecule has 0 unspecified atom stereocenters. The fourth-order valence-electron chi connectivity index (χ4n) is 2.21. The van der Waals surface area contributed by atoms with Crippen LogP contribution in [-0.4, -0.2) is 24.1 Å². The molecular formula is C13H14O3. The van der Waals surface area contributed by atoms with Crippen molar-refractivity contribution in [1.82, 2.24) is 0 Å². The second kappa shape index (κ2) is 4.01. The van der Waals surface area contributed by atoms with Gasteiger partial charge in [-0.2, -0.15) is 0 Å². The minimum Gasteiger partial charge on any atom is -0.388 e. The van der Waals surface area contributed by atoms with Gasteiger partial charge in [0.1, 0.15) is 6.10 Å². The molecule has 1 aromatic carbocycles. The largest absolute Gasteiger partial charge is 0.388 e. The molecule has 0 aromatic heterocycles. The number of aliphatic hydroxyl groups excluding tert-OH is 1. The molecule has 3 heteroatoms. The SMILES string of the molecule is O[C@@H](c1ccccc1)[C@@H]1C=C[C@H]2CO[C@@H]1O2. The zero-order valence-corrected chi connectivity index (χ0v) is 8.82. The molecule has 1 N–H and O–H groups in total. The van der Waals surface area contributed by atoms with Crippen LogP contribution in [0.4, 0.5) is 0 Å². The van der Waals surface area contributed by atoms with Crippen LogP contribution in [0.5, 0.6) is 0 Å². The highest BCUT2D eigenvalue weighted by Crippen LogP contribution is 2.34. The number of hydrogen-bond acceptors (Lipinski definition) is 3. The predicted octanol–water partition coefficient (Wildman–Crippen LogP) is 1.65. The third-order valence-electron chi connectivity index (χ3n) is 3.10. The Hall–Kier alpha value is -1.16. The first kappa shape index (κ1) is 10.0. The molecule has 3 nitrogen and oxygen atoms in total. The van der Waals surface area contributed by atoms with Crippen LogP contribution in [-0.2, 0) is 9.47 Å². The third kappa shape index (κ3) is 1.67. The molecule has 16 heavy (non-hydrogen) atoms. The van der Waals surface area contributed by atoms with Crippen LogP contribution in [0.1, 0.15) is 11.7 Å². The van der Waals surface area contributed by atoms with E-state index in [0.29, 0.717) is 6.61 Å². The predicted molar refractivity (Wildman–Crippen MR) is 58.6 cm³/mol. The van der Waals surface area contributed by atoms with Crippen molar-refractivity contribution >= 4 is 0 Å². The van der Waals surface area contributed by atoms with E-state index in [4.69, 9.17) is 9.47 Å². The summed E-state index contributed by atoms with van der Waals surface area (Å²) in [6.45, 7) is 0.596. The van der Waals surface area contributed by atoms with Crippen LogP contribution in [0, 0.1) is 5.92 Å². The number of hydrogen-bond donors (Lipinski definition) is 1. The molecule has 2 aliphatic rings. The van der Waals surface area contributed by atoms with Crippen molar-refractivity contribution in [2.24, 2.45) is 5.92 Å². The Morgan fingerprint density at radius 1 is 1.19 bits per heavy atom. The maximum atomic E-state index is 10.3. The van der Waals surface area contributed by atoms with Gasteiger partial charge < -0.3 is 14.6 Å². The summed E-state index contributed by atoms with van der Waals surface area (Å²) in [7, 11) is 0. The molecule has 0 saturated carbocycles. The van der Waals surface area contributed by atoms with E-state index in [-0.39, 0.29) is 18.3 Å². The molecule has 3 rings (SSSR count). The average Bonchev–Trinajstić information content (AvgIpc) is 2.72.